The molecule has 8 heteroatoms. The van der Waals surface area contributed by atoms with E-state index in [4.69, 9.17) is 16.7 Å². The first-order chi connectivity index (χ1) is 8.86. The Hall–Kier alpha value is -1.89. The van der Waals surface area contributed by atoms with Gasteiger partial charge in [0.05, 0.1) is 16.0 Å². The molecule has 0 aliphatic heterocycles. The van der Waals surface area contributed by atoms with E-state index in [9.17, 15) is 19.3 Å². The van der Waals surface area contributed by atoms with Gasteiger partial charge in [0.2, 0.25) is 0 Å². The number of nitrogens with zero attached hydrogens (tertiary/aromatic N) is 1. The van der Waals surface area contributed by atoms with E-state index in [0.29, 0.717) is 12.5 Å². The van der Waals surface area contributed by atoms with Crippen molar-refractivity contribution >= 4 is 28.9 Å². The molecule has 2 N–H and O–H groups in total. The summed E-state index contributed by atoms with van der Waals surface area (Å²) in [4.78, 5) is 21.0. The molecule has 0 heterocycles. The predicted octanol–water partition coefficient (Wildman–Crippen LogP) is 3.05. The molecule has 0 saturated heterocycles. The van der Waals surface area contributed by atoms with Crippen molar-refractivity contribution in [1.82, 2.24) is 0 Å². The summed E-state index contributed by atoms with van der Waals surface area (Å²) in [5.74, 6) is -2.07. The van der Waals surface area contributed by atoms with Gasteiger partial charge in [0.1, 0.15) is 17.5 Å². The first-order valence-corrected chi connectivity index (χ1v) is 5.87. The highest BCUT2D eigenvalue weighted by Crippen LogP contribution is 2.31. The van der Waals surface area contributed by atoms with Crippen LogP contribution in [0.3, 0.4) is 0 Å². The van der Waals surface area contributed by atoms with Crippen LogP contribution in [0.5, 0.6) is 0 Å². The summed E-state index contributed by atoms with van der Waals surface area (Å²) >= 11 is 5.55. The van der Waals surface area contributed by atoms with E-state index in [1.54, 1.807) is 6.92 Å². The largest absolute Gasteiger partial charge is 0.480 e. The van der Waals surface area contributed by atoms with E-state index in [1.165, 1.54) is 0 Å². The molecule has 0 aliphatic carbocycles. The van der Waals surface area contributed by atoms with Gasteiger partial charge < -0.3 is 10.4 Å². The van der Waals surface area contributed by atoms with E-state index in [-0.39, 0.29) is 17.1 Å². The molecule has 19 heavy (non-hydrogen) atoms. The number of nitro benzene ring substituents is 1. The summed E-state index contributed by atoms with van der Waals surface area (Å²) in [6, 6.07) is 0.682. The maximum absolute atomic E-state index is 13.2. The Morgan fingerprint density at radius 2 is 2.26 bits per heavy atom. The van der Waals surface area contributed by atoms with Crippen LogP contribution in [0.1, 0.15) is 19.8 Å². The summed E-state index contributed by atoms with van der Waals surface area (Å²) in [5, 5.41) is 22.0. The molecule has 1 atom stereocenters. The molecule has 0 aromatic heterocycles. The van der Waals surface area contributed by atoms with Gasteiger partial charge in [-0.1, -0.05) is 24.9 Å². The van der Waals surface area contributed by atoms with Crippen LogP contribution in [0, 0.1) is 15.9 Å². The van der Waals surface area contributed by atoms with Gasteiger partial charge >= 0.3 is 5.97 Å². The number of carbonyl (C=O) groups is 1. The molecule has 0 spiro atoms. The quantitative estimate of drug-likeness (QED) is 0.620. The maximum atomic E-state index is 13.2. The average Bonchev–Trinajstić information content (AvgIpc) is 2.32. The van der Waals surface area contributed by atoms with Crippen LogP contribution in [-0.4, -0.2) is 22.0 Å². The van der Waals surface area contributed by atoms with Crippen molar-refractivity contribution in [3.8, 4) is 0 Å². The van der Waals surface area contributed by atoms with Crippen molar-refractivity contribution in [2.75, 3.05) is 5.32 Å². The number of rotatable bonds is 6. The van der Waals surface area contributed by atoms with Crippen LogP contribution in [0.4, 0.5) is 15.8 Å². The molecule has 1 unspecified atom stereocenters. The lowest BCUT2D eigenvalue weighted by molar-refractivity contribution is -0.384. The van der Waals surface area contributed by atoms with E-state index in [0.717, 1.165) is 6.07 Å². The molecule has 0 aliphatic rings. The van der Waals surface area contributed by atoms with Crippen LogP contribution < -0.4 is 5.32 Å². The molecule has 1 aromatic rings. The van der Waals surface area contributed by atoms with Gasteiger partial charge in [0, 0.05) is 0 Å². The molecule has 0 amide bonds. The van der Waals surface area contributed by atoms with Crippen LogP contribution in [0.15, 0.2) is 12.1 Å². The highest BCUT2D eigenvalue weighted by atomic mass is 35.5. The highest BCUT2D eigenvalue weighted by Gasteiger charge is 2.23. The molecular weight excluding hydrogens is 279 g/mol. The number of anilines is 1. The predicted molar refractivity (Wildman–Crippen MR) is 68.0 cm³/mol. The SMILES string of the molecule is CCCC(Nc1cc(Cl)c(F)cc1[N+](=O)[O-])C(=O)O. The zero-order valence-electron chi connectivity index (χ0n) is 10.0. The minimum Gasteiger partial charge on any atom is -0.480 e. The number of benzene rings is 1. The van der Waals surface area contributed by atoms with E-state index < -0.39 is 28.4 Å². The van der Waals surface area contributed by atoms with Gasteiger partial charge in [-0.2, -0.15) is 0 Å². The average molecular weight is 291 g/mol. The van der Waals surface area contributed by atoms with Crippen LogP contribution in [-0.2, 0) is 4.79 Å². The molecule has 1 rings (SSSR count). The lowest BCUT2D eigenvalue weighted by atomic mass is 10.1. The van der Waals surface area contributed by atoms with Crippen molar-refractivity contribution < 1.29 is 19.2 Å². The third-order valence-electron chi connectivity index (χ3n) is 2.44. The van der Waals surface area contributed by atoms with E-state index in [2.05, 4.69) is 5.32 Å². The molecule has 0 saturated carbocycles. The third-order valence-corrected chi connectivity index (χ3v) is 2.73. The minimum atomic E-state index is -1.14. The lowest BCUT2D eigenvalue weighted by Crippen LogP contribution is -2.29. The van der Waals surface area contributed by atoms with E-state index in [1.807, 2.05) is 0 Å². The summed E-state index contributed by atoms with van der Waals surface area (Å²) in [5.41, 5.74) is -0.665. The Labute approximate surface area is 113 Å². The number of hydrogen-bond acceptors (Lipinski definition) is 4. The molecular formula is C11H12ClFN2O4. The second kappa shape index (κ2) is 6.33. The molecule has 6 nitrogen and oxygen atoms in total. The van der Waals surface area contributed by atoms with Crippen molar-refractivity contribution in [2.24, 2.45) is 0 Å². The van der Waals surface area contributed by atoms with Gasteiger partial charge in [-0.25, -0.2) is 9.18 Å². The van der Waals surface area contributed by atoms with Gasteiger partial charge in [-0.3, -0.25) is 10.1 Å². The first-order valence-electron chi connectivity index (χ1n) is 5.49. The topological polar surface area (TPSA) is 92.5 Å². The number of nitrogens with one attached hydrogen (secondary N) is 1. The second-order valence-electron chi connectivity index (χ2n) is 3.86. The van der Waals surface area contributed by atoms with Crippen molar-refractivity contribution in [3.63, 3.8) is 0 Å². The normalized spacial score (nSPS) is 11.9. The highest BCUT2D eigenvalue weighted by molar-refractivity contribution is 6.31. The number of carboxylic acid groups (broad SMARTS) is 1. The molecule has 0 bridgehead atoms. The first kappa shape index (κ1) is 15.2. The fraction of sp³-hybridized carbons (Fsp3) is 0.364. The van der Waals surface area contributed by atoms with Gasteiger partial charge in [-0.05, 0) is 12.5 Å². The van der Waals surface area contributed by atoms with Crippen LogP contribution in [0.2, 0.25) is 5.02 Å². The number of halogens is 2. The van der Waals surface area contributed by atoms with Crippen molar-refractivity contribution in [1.29, 1.82) is 0 Å². The Balaban J connectivity index is 3.14. The molecule has 1 aromatic carbocycles. The van der Waals surface area contributed by atoms with Gasteiger partial charge in [0.15, 0.2) is 0 Å². The summed E-state index contributed by atoms with van der Waals surface area (Å²) < 4.78 is 13.2. The monoisotopic (exact) mass is 290 g/mol. The zero-order valence-corrected chi connectivity index (χ0v) is 10.8. The molecule has 104 valence electrons. The third kappa shape index (κ3) is 3.78. The second-order valence-corrected chi connectivity index (χ2v) is 4.27. The maximum Gasteiger partial charge on any atom is 0.326 e. The van der Waals surface area contributed by atoms with Gasteiger partial charge in [-0.15, -0.1) is 0 Å². The lowest BCUT2D eigenvalue weighted by Gasteiger charge is -2.15. The summed E-state index contributed by atoms with van der Waals surface area (Å²) in [6.45, 7) is 1.78. The van der Waals surface area contributed by atoms with Crippen LogP contribution in [0.25, 0.3) is 0 Å². The van der Waals surface area contributed by atoms with Crippen LogP contribution >= 0.6 is 11.6 Å². The fourth-order valence-corrected chi connectivity index (χ4v) is 1.70. The molecule has 0 fully saturated rings. The van der Waals surface area contributed by atoms with Gasteiger partial charge in [0.25, 0.3) is 5.69 Å². The minimum absolute atomic E-state index is 0.114. The summed E-state index contributed by atoms with van der Waals surface area (Å²) in [6.07, 6.45) is 0.855. The number of hydrogen-bond donors (Lipinski definition) is 2. The van der Waals surface area contributed by atoms with Crippen molar-refractivity contribution in [3.05, 3.63) is 33.1 Å². The zero-order chi connectivity index (χ0) is 14.6. The Morgan fingerprint density at radius 1 is 1.63 bits per heavy atom. The smallest absolute Gasteiger partial charge is 0.326 e. The molecule has 0 radical (unpaired) electrons. The Morgan fingerprint density at radius 3 is 2.74 bits per heavy atom. The van der Waals surface area contributed by atoms with Crippen molar-refractivity contribution in [2.45, 2.75) is 25.8 Å². The summed E-state index contributed by atoms with van der Waals surface area (Å²) in [7, 11) is 0. The Kier molecular flexibility index (Phi) is 5.05. The van der Waals surface area contributed by atoms with E-state index >= 15 is 0 Å². The Bertz CT molecular complexity index is 510. The number of nitro groups is 1. The number of aliphatic carboxylic acids is 1. The fourth-order valence-electron chi connectivity index (χ4n) is 1.54. The number of carboxylic acids is 1. The standard InChI is InChI=1S/C11H12ClFN2O4/c1-2-3-8(11(16)17)14-9-4-6(12)7(13)5-10(9)15(18)19/h4-5,8,14H,2-3H2,1H3,(H,16,17).